The van der Waals surface area contributed by atoms with Gasteiger partial charge in [-0.15, -0.1) is 0 Å². The number of likely N-dealkylation sites (N-methyl/N-ethyl adjacent to an activating group) is 2. The minimum Gasteiger partial charge on any atom is -0.390 e. The topological polar surface area (TPSA) is 35.5 Å². The molecule has 1 unspecified atom stereocenters. The van der Waals surface area contributed by atoms with Gasteiger partial charge in [0.2, 0.25) is 0 Å². The van der Waals surface area contributed by atoms with Crippen LogP contribution in [0, 0.1) is 0 Å². The molecule has 0 amide bonds. The Morgan fingerprint density at radius 1 is 1.45 bits per heavy atom. The van der Waals surface area contributed by atoms with Crippen LogP contribution in [0.25, 0.3) is 0 Å². The number of hydrogen-bond donors (Lipinski definition) is 2. The van der Waals surface area contributed by atoms with Gasteiger partial charge in [-0.05, 0) is 20.1 Å². The van der Waals surface area contributed by atoms with Crippen LogP contribution in [0.3, 0.4) is 0 Å². The molecule has 0 fully saturated rings. The van der Waals surface area contributed by atoms with E-state index in [0.29, 0.717) is 6.54 Å². The van der Waals surface area contributed by atoms with E-state index in [9.17, 15) is 5.11 Å². The fourth-order valence-electron chi connectivity index (χ4n) is 0.864. The third-order valence-electron chi connectivity index (χ3n) is 1.69. The Kier molecular flexibility index (Phi) is 6.51. The van der Waals surface area contributed by atoms with Crippen molar-refractivity contribution in [3.8, 4) is 0 Å². The zero-order valence-electron chi connectivity index (χ0n) is 7.80. The highest BCUT2D eigenvalue weighted by molar-refractivity contribution is 4.62. The van der Waals surface area contributed by atoms with Gasteiger partial charge in [0.15, 0.2) is 0 Å². The van der Waals surface area contributed by atoms with Crippen LogP contribution in [0.5, 0.6) is 0 Å². The number of aliphatic hydroxyl groups is 1. The molecule has 0 aliphatic heterocycles. The van der Waals surface area contributed by atoms with Crippen LogP contribution < -0.4 is 5.32 Å². The van der Waals surface area contributed by atoms with E-state index < -0.39 is 0 Å². The Morgan fingerprint density at radius 3 is 2.55 bits per heavy atom. The van der Waals surface area contributed by atoms with Crippen LogP contribution in [-0.2, 0) is 0 Å². The number of nitrogens with one attached hydrogen (secondary N) is 1. The normalized spacial score (nSPS) is 13.9. The van der Waals surface area contributed by atoms with E-state index in [1.54, 1.807) is 0 Å². The molecule has 0 radical (unpaired) electrons. The van der Waals surface area contributed by atoms with Crippen molar-refractivity contribution in [1.82, 2.24) is 10.2 Å². The summed E-state index contributed by atoms with van der Waals surface area (Å²) >= 11 is 0. The Morgan fingerprint density at radius 2 is 2.09 bits per heavy atom. The van der Waals surface area contributed by atoms with Gasteiger partial charge in [-0.3, -0.25) is 0 Å². The van der Waals surface area contributed by atoms with Crippen molar-refractivity contribution in [2.24, 2.45) is 0 Å². The van der Waals surface area contributed by atoms with E-state index in [2.05, 4.69) is 17.1 Å². The van der Waals surface area contributed by atoms with Crippen molar-refractivity contribution < 1.29 is 5.11 Å². The number of hydrogen-bond acceptors (Lipinski definition) is 3. The third-order valence-corrected chi connectivity index (χ3v) is 1.69. The van der Waals surface area contributed by atoms with Crippen molar-refractivity contribution in [3.63, 3.8) is 0 Å². The largest absolute Gasteiger partial charge is 0.390 e. The van der Waals surface area contributed by atoms with E-state index in [4.69, 9.17) is 0 Å². The Hall–Kier alpha value is -0.120. The molecule has 0 aromatic heterocycles. The van der Waals surface area contributed by atoms with Crippen molar-refractivity contribution >= 4 is 0 Å². The molecule has 11 heavy (non-hydrogen) atoms. The highest BCUT2D eigenvalue weighted by Gasteiger charge is 2.04. The second kappa shape index (κ2) is 6.58. The molecule has 3 heteroatoms. The Balaban J connectivity index is 3.27. The van der Waals surface area contributed by atoms with E-state index in [-0.39, 0.29) is 6.10 Å². The molecule has 0 aromatic rings. The molecule has 68 valence electrons. The zero-order valence-corrected chi connectivity index (χ0v) is 7.80. The molecule has 0 saturated heterocycles. The predicted molar refractivity (Wildman–Crippen MR) is 47.7 cm³/mol. The maximum atomic E-state index is 9.38. The SMILES string of the molecule is CCNCC(O)CN(C)CC. The maximum absolute atomic E-state index is 9.38. The van der Waals surface area contributed by atoms with E-state index >= 15 is 0 Å². The molecule has 3 nitrogen and oxygen atoms in total. The lowest BCUT2D eigenvalue weighted by molar-refractivity contribution is 0.127. The number of aliphatic hydroxyl groups excluding tert-OH is 1. The summed E-state index contributed by atoms with van der Waals surface area (Å²) in [5.74, 6) is 0. The summed E-state index contributed by atoms with van der Waals surface area (Å²) in [6.07, 6.45) is -0.236. The summed E-state index contributed by atoms with van der Waals surface area (Å²) in [5.41, 5.74) is 0. The first-order chi connectivity index (χ1) is 5.20. The van der Waals surface area contributed by atoms with Gasteiger partial charge >= 0.3 is 0 Å². The number of rotatable bonds is 6. The molecule has 0 aromatic carbocycles. The standard InChI is InChI=1S/C8H20N2O/c1-4-9-6-8(11)7-10(3)5-2/h8-9,11H,4-7H2,1-3H3. The van der Waals surface area contributed by atoms with Gasteiger partial charge in [-0.2, -0.15) is 0 Å². The quantitative estimate of drug-likeness (QED) is 0.570. The van der Waals surface area contributed by atoms with Gasteiger partial charge in [0.1, 0.15) is 0 Å². The Labute approximate surface area is 69.4 Å². The van der Waals surface area contributed by atoms with Gasteiger partial charge < -0.3 is 15.3 Å². The van der Waals surface area contributed by atoms with E-state index in [1.807, 2.05) is 14.0 Å². The first-order valence-corrected chi connectivity index (χ1v) is 4.28. The van der Waals surface area contributed by atoms with Gasteiger partial charge in [0.25, 0.3) is 0 Å². The molecule has 0 rings (SSSR count). The molecule has 0 spiro atoms. The molecule has 0 bridgehead atoms. The second-order valence-corrected chi connectivity index (χ2v) is 2.82. The molecule has 1 atom stereocenters. The minimum atomic E-state index is -0.236. The average Bonchev–Trinajstić information content (AvgIpc) is 2.00. The summed E-state index contributed by atoms with van der Waals surface area (Å²) in [6, 6.07) is 0. The summed E-state index contributed by atoms with van der Waals surface area (Å²) in [6.45, 7) is 7.48. The monoisotopic (exact) mass is 160 g/mol. The van der Waals surface area contributed by atoms with Crippen molar-refractivity contribution in [3.05, 3.63) is 0 Å². The highest BCUT2D eigenvalue weighted by atomic mass is 16.3. The van der Waals surface area contributed by atoms with Crippen molar-refractivity contribution in [1.29, 1.82) is 0 Å². The van der Waals surface area contributed by atoms with E-state index in [0.717, 1.165) is 19.6 Å². The van der Waals surface area contributed by atoms with E-state index in [1.165, 1.54) is 0 Å². The minimum absolute atomic E-state index is 0.236. The predicted octanol–water partition coefficient (Wildman–Crippen LogP) is -0.0915. The average molecular weight is 160 g/mol. The van der Waals surface area contributed by atoms with Crippen LogP contribution >= 0.6 is 0 Å². The molecule has 0 aliphatic carbocycles. The van der Waals surface area contributed by atoms with Gasteiger partial charge in [0, 0.05) is 13.1 Å². The van der Waals surface area contributed by atoms with Gasteiger partial charge in [0.05, 0.1) is 6.10 Å². The zero-order chi connectivity index (χ0) is 8.69. The summed E-state index contributed by atoms with van der Waals surface area (Å²) < 4.78 is 0. The highest BCUT2D eigenvalue weighted by Crippen LogP contribution is 1.86. The maximum Gasteiger partial charge on any atom is 0.0791 e. The van der Waals surface area contributed by atoms with Gasteiger partial charge in [-0.1, -0.05) is 13.8 Å². The van der Waals surface area contributed by atoms with Crippen molar-refractivity contribution in [2.45, 2.75) is 20.0 Å². The lowest BCUT2D eigenvalue weighted by atomic mass is 10.3. The molecular formula is C8H20N2O. The molecular weight excluding hydrogens is 140 g/mol. The van der Waals surface area contributed by atoms with Gasteiger partial charge in [-0.25, -0.2) is 0 Å². The molecule has 0 heterocycles. The van der Waals surface area contributed by atoms with Crippen LogP contribution in [-0.4, -0.2) is 49.3 Å². The van der Waals surface area contributed by atoms with Crippen LogP contribution in [0.1, 0.15) is 13.8 Å². The lowest BCUT2D eigenvalue weighted by Crippen LogP contribution is -2.36. The van der Waals surface area contributed by atoms with Crippen LogP contribution in [0.2, 0.25) is 0 Å². The summed E-state index contributed by atoms with van der Waals surface area (Å²) in [4.78, 5) is 2.10. The third kappa shape index (κ3) is 6.28. The van der Waals surface area contributed by atoms with Crippen LogP contribution in [0.4, 0.5) is 0 Å². The molecule has 2 N–H and O–H groups in total. The first kappa shape index (κ1) is 10.9. The first-order valence-electron chi connectivity index (χ1n) is 4.28. The molecule has 0 aliphatic rings. The van der Waals surface area contributed by atoms with Crippen molar-refractivity contribution in [2.75, 3.05) is 33.2 Å². The fourth-order valence-corrected chi connectivity index (χ4v) is 0.864. The lowest BCUT2D eigenvalue weighted by Gasteiger charge is -2.18. The van der Waals surface area contributed by atoms with Crippen LogP contribution in [0.15, 0.2) is 0 Å². The Bertz CT molecular complexity index is 88.2. The summed E-state index contributed by atoms with van der Waals surface area (Å²) in [5, 5.41) is 12.5. The number of nitrogens with zero attached hydrogens (tertiary/aromatic N) is 1. The summed E-state index contributed by atoms with van der Waals surface area (Å²) in [7, 11) is 2.01. The fraction of sp³-hybridized carbons (Fsp3) is 1.00. The second-order valence-electron chi connectivity index (χ2n) is 2.82. The smallest absolute Gasteiger partial charge is 0.0791 e. The molecule has 0 saturated carbocycles.